The second-order valence-corrected chi connectivity index (χ2v) is 6.02. The summed E-state index contributed by atoms with van der Waals surface area (Å²) in [7, 11) is 0. The van der Waals surface area contributed by atoms with Gasteiger partial charge in [-0.2, -0.15) is 0 Å². The second kappa shape index (κ2) is 6.55. The number of para-hydroxylation sites is 1. The Bertz CT molecular complexity index is 586. The molecule has 1 unspecified atom stereocenters. The van der Waals surface area contributed by atoms with E-state index in [1.165, 1.54) is 0 Å². The van der Waals surface area contributed by atoms with Crippen LogP contribution in [0.15, 0.2) is 60.6 Å². The van der Waals surface area contributed by atoms with Gasteiger partial charge in [0.15, 0.2) is 0 Å². The number of benzene rings is 1. The molecular weight excluding hydrogens is 262 g/mol. The van der Waals surface area contributed by atoms with E-state index >= 15 is 0 Å². The van der Waals surface area contributed by atoms with Gasteiger partial charge in [0.05, 0.1) is 0 Å². The SMILES string of the molecule is CC(C)(C)C(O)C(=Cc1cccnc1)Oc1ccccc1. The zero-order valence-electron chi connectivity index (χ0n) is 12.7. The van der Waals surface area contributed by atoms with Crippen molar-refractivity contribution in [3.8, 4) is 5.75 Å². The summed E-state index contributed by atoms with van der Waals surface area (Å²) >= 11 is 0. The van der Waals surface area contributed by atoms with Gasteiger partial charge < -0.3 is 9.84 Å². The third-order valence-corrected chi connectivity index (χ3v) is 3.06. The molecule has 0 fully saturated rings. The lowest BCUT2D eigenvalue weighted by Gasteiger charge is -2.28. The lowest BCUT2D eigenvalue weighted by molar-refractivity contribution is 0.0641. The van der Waals surface area contributed by atoms with Crippen molar-refractivity contribution in [1.29, 1.82) is 0 Å². The summed E-state index contributed by atoms with van der Waals surface area (Å²) in [4.78, 5) is 4.08. The van der Waals surface area contributed by atoms with Gasteiger partial charge >= 0.3 is 0 Å². The van der Waals surface area contributed by atoms with Gasteiger partial charge in [-0.25, -0.2) is 0 Å². The molecule has 2 rings (SSSR count). The molecule has 1 atom stereocenters. The second-order valence-electron chi connectivity index (χ2n) is 6.02. The fraction of sp³-hybridized carbons (Fsp3) is 0.278. The van der Waals surface area contributed by atoms with Crippen molar-refractivity contribution in [2.24, 2.45) is 5.41 Å². The number of aromatic nitrogens is 1. The normalized spacial score (nSPS) is 13.8. The Hall–Kier alpha value is -2.13. The lowest BCUT2D eigenvalue weighted by Crippen LogP contribution is -2.30. The highest BCUT2D eigenvalue weighted by Gasteiger charge is 2.27. The van der Waals surface area contributed by atoms with Crippen LogP contribution in [-0.4, -0.2) is 16.2 Å². The van der Waals surface area contributed by atoms with Crippen LogP contribution in [0.25, 0.3) is 6.08 Å². The summed E-state index contributed by atoms with van der Waals surface area (Å²) in [6, 6.07) is 13.3. The van der Waals surface area contributed by atoms with E-state index in [4.69, 9.17) is 4.74 Å². The number of aliphatic hydroxyl groups excluding tert-OH is 1. The molecule has 1 aromatic heterocycles. The molecule has 1 N–H and O–H groups in total. The number of hydrogen-bond donors (Lipinski definition) is 1. The Balaban J connectivity index is 2.33. The highest BCUT2D eigenvalue weighted by molar-refractivity contribution is 5.52. The first-order chi connectivity index (χ1) is 9.97. The van der Waals surface area contributed by atoms with Gasteiger partial charge in [0, 0.05) is 12.4 Å². The van der Waals surface area contributed by atoms with E-state index in [0.29, 0.717) is 11.5 Å². The van der Waals surface area contributed by atoms with Gasteiger partial charge in [0.2, 0.25) is 0 Å². The third-order valence-electron chi connectivity index (χ3n) is 3.06. The van der Waals surface area contributed by atoms with E-state index in [2.05, 4.69) is 4.98 Å². The number of hydrogen-bond acceptors (Lipinski definition) is 3. The monoisotopic (exact) mass is 283 g/mol. The van der Waals surface area contributed by atoms with Crippen molar-refractivity contribution in [3.63, 3.8) is 0 Å². The van der Waals surface area contributed by atoms with E-state index in [1.54, 1.807) is 12.4 Å². The highest BCUT2D eigenvalue weighted by atomic mass is 16.5. The molecule has 0 bridgehead atoms. The van der Waals surface area contributed by atoms with Crippen LogP contribution in [0, 0.1) is 5.41 Å². The maximum absolute atomic E-state index is 10.6. The van der Waals surface area contributed by atoms with Gasteiger partial charge in [-0.1, -0.05) is 45.0 Å². The molecule has 0 saturated heterocycles. The Labute approximate surface area is 125 Å². The molecule has 0 aliphatic carbocycles. The summed E-state index contributed by atoms with van der Waals surface area (Å²) in [6.45, 7) is 5.93. The third kappa shape index (κ3) is 4.43. The summed E-state index contributed by atoms with van der Waals surface area (Å²) in [6.07, 6.45) is 4.58. The van der Waals surface area contributed by atoms with Crippen molar-refractivity contribution in [1.82, 2.24) is 4.98 Å². The van der Waals surface area contributed by atoms with E-state index in [-0.39, 0.29) is 5.41 Å². The highest BCUT2D eigenvalue weighted by Crippen LogP contribution is 2.28. The zero-order valence-corrected chi connectivity index (χ0v) is 12.7. The average Bonchev–Trinajstić information content (AvgIpc) is 2.47. The number of aliphatic hydroxyl groups is 1. The molecule has 21 heavy (non-hydrogen) atoms. The van der Waals surface area contributed by atoms with Gasteiger partial charge in [-0.3, -0.25) is 4.98 Å². The van der Waals surface area contributed by atoms with Gasteiger partial charge in [-0.05, 0) is 35.3 Å². The number of pyridine rings is 1. The number of ether oxygens (including phenoxy) is 1. The van der Waals surface area contributed by atoms with Crippen LogP contribution >= 0.6 is 0 Å². The predicted octanol–water partition coefficient (Wildman–Crippen LogP) is 3.91. The van der Waals surface area contributed by atoms with Crippen molar-refractivity contribution in [2.45, 2.75) is 26.9 Å². The van der Waals surface area contributed by atoms with Gasteiger partial charge in [0.1, 0.15) is 17.6 Å². The molecule has 0 aliphatic rings. The van der Waals surface area contributed by atoms with E-state index in [0.717, 1.165) is 5.56 Å². The molecule has 0 spiro atoms. The van der Waals surface area contributed by atoms with Gasteiger partial charge in [0.25, 0.3) is 0 Å². The summed E-state index contributed by atoms with van der Waals surface area (Å²) < 4.78 is 5.89. The topological polar surface area (TPSA) is 42.4 Å². The smallest absolute Gasteiger partial charge is 0.134 e. The molecule has 3 heteroatoms. The Morgan fingerprint density at radius 2 is 1.86 bits per heavy atom. The summed E-state index contributed by atoms with van der Waals surface area (Å²) in [5.41, 5.74) is 0.578. The molecule has 0 amide bonds. The molecule has 1 aromatic carbocycles. The van der Waals surface area contributed by atoms with Gasteiger partial charge in [-0.15, -0.1) is 0 Å². The van der Waals surface area contributed by atoms with Crippen molar-refractivity contribution in [2.75, 3.05) is 0 Å². The molecule has 1 heterocycles. The minimum Gasteiger partial charge on any atom is -0.459 e. The standard InChI is InChI=1S/C18H21NO2/c1-18(2,3)17(20)16(12-14-8-7-11-19-13-14)21-15-9-5-4-6-10-15/h4-13,17,20H,1-3H3. The zero-order chi connectivity index (χ0) is 15.3. The lowest BCUT2D eigenvalue weighted by atomic mass is 9.87. The molecule has 0 aliphatic heterocycles. The molecule has 2 aromatic rings. The fourth-order valence-electron chi connectivity index (χ4n) is 1.84. The number of nitrogens with zero attached hydrogens (tertiary/aromatic N) is 1. The quantitative estimate of drug-likeness (QED) is 0.865. The largest absolute Gasteiger partial charge is 0.459 e. The average molecular weight is 283 g/mol. The number of rotatable bonds is 4. The first-order valence-electron chi connectivity index (χ1n) is 6.99. The molecule has 0 radical (unpaired) electrons. The molecule has 110 valence electrons. The minimum atomic E-state index is -0.710. The van der Waals surface area contributed by atoms with Crippen molar-refractivity contribution < 1.29 is 9.84 Å². The van der Waals surface area contributed by atoms with Crippen LogP contribution in [-0.2, 0) is 0 Å². The fourth-order valence-corrected chi connectivity index (χ4v) is 1.84. The van der Waals surface area contributed by atoms with Crippen LogP contribution in [0.2, 0.25) is 0 Å². The van der Waals surface area contributed by atoms with Crippen LogP contribution in [0.1, 0.15) is 26.3 Å². The molecular formula is C18H21NO2. The molecule has 3 nitrogen and oxygen atoms in total. The van der Waals surface area contributed by atoms with E-state index in [1.807, 2.05) is 69.3 Å². The minimum absolute atomic E-state index is 0.317. The maximum Gasteiger partial charge on any atom is 0.134 e. The van der Waals surface area contributed by atoms with Crippen molar-refractivity contribution in [3.05, 3.63) is 66.2 Å². The van der Waals surface area contributed by atoms with Crippen LogP contribution in [0.5, 0.6) is 5.75 Å². The van der Waals surface area contributed by atoms with E-state index < -0.39 is 6.10 Å². The predicted molar refractivity (Wildman–Crippen MR) is 84.7 cm³/mol. The summed E-state index contributed by atoms with van der Waals surface area (Å²) in [5.74, 6) is 1.22. The first kappa shape index (κ1) is 15.3. The van der Waals surface area contributed by atoms with Crippen LogP contribution < -0.4 is 4.74 Å². The molecule has 0 saturated carbocycles. The Morgan fingerprint density at radius 1 is 1.14 bits per heavy atom. The van der Waals surface area contributed by atoms with Crippen LogP contribution in [0.4, 0.5) is 0 Å². The van der Waals surface area contributed by atoms with Crippen molar-refractivity contribution >= 4 is 6.08 Å². The summed E-state index contributed by atoms with van der Waals surface area (Å²) in [5, 5.41) is 10.6. The first-order valence-corrected chi connectivity index (χ1v) is 6.99. The Morgan fingerprint density at radius 3 is 2.43 bits per heavy atom. The van der Waals surface area contributed by atoms with Crippen LogP contribution in [0.3, 0.4) is 0 Å². The van der Waals surface area contributed by atoms with E-state index in [9.17, 15) is 5.11 Å². The Kier molecular flexibility index (Phi) is 4.76. The maximum atomic E-state index is 10.6.